The van der Waals surface area contributed by atoms with E-state index in [1.165, 1.54) is 11.3 Å². The van der Waals surface area contributed by atoms with E-state index >= 15 is 0 Å². The lowest BCUT2D eigenvalue weighted by Gasteiger charge is -2.14. The van der Waals surface area contributed by atoms with Crippen LogP contribution in [0.2, 0.25) is 0 Å². The highest BCUT2D eigenvalue weighted by atomic mass is 79.9. The van der Waals surface area contributed by atoms with Crippen molar-refractivity contribution in [2.45, 2.75) is 45.7 Å². The first-order valence-electron chi connectivity index (χ1n) is 7.59. The van der Waals surface area contributed by atoms with Gasteiger partial charge >= 0.3 is 0 Å². The summed E-state index contributed by atoms with van der Waals surface area (Å²) >= 11 is 3.66. The fourth-order valence-electron chi connectivity index (χ4n) is 2.41. The number of benzene rings is 1. The second kappa shape index (κ2) is 7.76. The van der Waals surface area contributed by atoms with Gasteiger partial charge in [0.15, 0.2) is 0 Å². The predicted molar refractivity (Wildman–Crippen MR) is 91.4 cm³/mol. The maximum absolute atomic E-state index is 4.53. The standard InChI is InChI=1S/C17H24BrN3/c1-4-15-17(18)16(21(3)20-15)12-19-13(2)10-11-14-8-6-5-7-9-14/h5-9,13,19H,4,10-12H2,1-3H3. The van der Waals surface area contributed by atoms with Crippen molar-refractivity contribution in [3.05, 3.63) is 51.8 Å². The number of hydrogen-bond donors (Lipinski definition) is 1. The van der Waals surface area contributed by atoms with Crippen molar-refractivity contribution in [2.75, 3.05) is 0 Å². The zero-order valence-electron chi connectivity index (χ0n) is 13.1. The lowest BCUT2D eigenvalue weighted by Crippen LogP contribution is -2.27. The summed E-state index contributed by atoms with van der Waals surface area (Å²) in [4.78, 5) is 0. The monoisotopic (exact) mass is 349 g/mol. The van der Waals surface area contributed by atoms with E-state index in [0.29, 0.717) is 6.04 Å². The Morgan fingerprint density at radius 2 is 2.00 bits per heavy atom. The maximum atomic E-state index is 4.53. The van der Waals surface area contributed by atoms with Crippen molar-refractivity contribution >= 4 is 15.9 Å². The molecule has 2 aromatic rings. The molecule has 0 aliphatic heterocycles. The fraction of sp³-hybridized carbons (Fsp3) is 0.471. The van der Waals surface area contributed by atoms with Crippen LogP contribution in [0.15, 0.2) is 34.8 Å². The average molecular weight is 350 g/mol. The van der Waals surface area contributed by atoms with Crippen LogP contribution in [0.5, 0.6) is 0 Å². The first-order valence-corrected chi connectivity index (χ1v) is 8.38. The van der Waals surface area contributed by atoms with Crippen LogP contribution in [-0.2, 0) is 26.4 Å². The Morgan fingerprint density at radius 3 is 2.62 bits per heavy atom. The molecule has 0 aliphatic carbocycles. The molecular formula is C17H24BrN3. The van der Waals surface area contributed by atoms with Gasteiger partial charge in [-0.25, -0.2) is 0 Å². The van der Waals surface area contributed by atoms with Gasteiger partial charge < -0.3 is 5.32 Å². The van der Waals surface area contributed by atoms with E-state index < -0.39 is 0 Å². The Morgan fingerprint density at radius 1 is 1.29 bits per heavy atom. The largest absolute Gasteiger partial charge is 0.309 e. The topological polar surface area (TPSA) is 29.9 Å². The smallest absolute Gasteiger partial charge is 0.0767 e. The molecule has 3 nitrogen and oxygen atoms in total. The van der Waals surface area contributed by atoms with Gasteiger partial charge in [-0.2, -0.15) is 5.10 Å². The molecule has 0 amide bonds. The van der Waals surface area contributed by atoms with Gasteiger partial charge in [-0.15, -0.1) is 0 Å². The Kier molecular flexibility index (Phi) is 6.00. The number of rotatable bonds is 7. The van der Waals surface area contributed by atoms with E-state index in [-0.39, 0.29) is 0 Å². The van der Waals surface area contributed by atoms with Crippen LogP contribution in [0, 0.1) is 0 Å². The second-order valence-electron chi connectivity index (χ2n) is 5.49. The summed E-state index contributed by atoms with van der Waals surface area (Å²) in [6, 6.07) is 11.1. The van der Waals surface area contributed by atoms with E-state index in [0.717, 1.165) is 36.0 Å². The van der Waals surface area contributed by atoms with Crippen LogP contribution < -0.4 is 5.32 Å². The van der Waals surface area contributed by atoms with E-state index in [2.05, 4.69) is 70.5 Å². The first-order chi connectivity index (χ1) is 10.1. The van der Waals surface area contributed by atoms with E-state index in [1.54, 1.807) is 0 Å². The minimum Gasteiger partial charge on any atom is -0.309 e. The number of nitrogens with zero attached hydrogens (tertiary/aromatic N) is 2. The van der Waals surface area contributed by atoms with Gasteiger partial charge in [-0.1, -0.05) is 37.3 Å². The molecule has 0 saturated carbocycles. The van der Waals surface area contributed by atoms with Crippen LogP contribution in [0.1, 0.15) is 37.2 Å². The van der Waals surface area contributed by atoms with E-state index in [4.69, 9.17) is 0 Å². The Bertz CT molecular complexity index is 563. The van der Waals surface area contributed by atoms with Crippen LogP contribution in [-0.4, -0.2) is 15.8 Å². The summed E-state index contributed by atoms with van der Waals surface area (Å²) < 4.78 is 3.12. The molecule has 0 spiro atoms. The molecule has 21 heavy (non-hydrogen) atoms. The average Bonchev–Trinajstić information content (AvgIpc) is 2.78. The third-order valence-corrected chi connectivity index (χ3v) is 4.75. The van der Waals surface area contributed by atoms with Crippen LogP contribution >= 0.6 is 15.9 Å². The highest BCUT2D eigenvalue weighted by molar-refractivity contribution is 9.10. The van der Waals surface area contributed by atoms with E-state index in [1.807, 2.05) is 11.7 Å². The van der Waals surface area contributed by atoms with Crippen molar-refractivity contribution in [1.82, 2.24) is 15.1 Å². The van der Waals surface area contributed by atoms with Crippen molar-refractivity contribution in [3.63, 3.8) is 0 Å². The molecule has 114 valence electrons. The second-order valence-corrected chi connectivity index (χ2v) is 6.28. The van der Waals surface area contributed by atoms with Gasteiger partial charge in [0.25, 0.3) is 0 Å². The Balaban J connectivity index is 1.84. The van der Waals surface area contributed by atoms with Crippen molar-refractivity contribution < 1.29 is 0 Å². The maximum Gasteiger partial charge on any atom is 0.0767 e. The van der Waals surface area contributed by atoms with Gasteiger partial charge in [0, 0.05) is 19.6 Å². The molecule has 0 bridgehead atoms. The zero-order valence-corrected chi connectivity index (χ0v) is 14.7. The quantitative estimate of drug-likeness (QED) is 0.822. The Labute approximate surface area is 135 Å². The summed E-state index contributed by atoms with van der Waals surface area (Å²) in [5.41, 5.74) is 3.76. The van der Waals surface area contributed by atoms with Gasteiger partial charge in [-0.3, -0.25) is 4.68 Å². The van der Waals surface area contributed by atoms with Crippen molar-refractivity contribution in [3.8, 4) is 0 Å². The number of halogens is 1. The number of aryl methyl sites for hydroxylation is 3. The van der Waals surface area contributed by atoms with Gasteiger partial charge in [-0.05, 0) is 47.7 Å². The molecule has 1 unspecified atom stereocenters. The molecule has 1 aromatic carbocycles. The molecule has 0 aliphatic rings. The summed E-state index contributed by atoms with van der Waals surface area (Å²) in [6.07, 6.45) is 3.21. The molecule has 0 radical (unpaired) electrons. The lowest BCUT2D eigenvalue weighted by atomic mass is 10.1. The van der Waals surface area contributed by atoms with Gasteiger partial charge in [0.1, 0.15) is 0 Å². The molecule has 1 heterocycles. The number of nitrogens with one attached hydrogen (secondary N) is 1. The summed E-state index contributed by atoms with van der Waals surface area (Å²) in [6.45, 7) is 5.22. The number of aromatic nitrogens is 2. The van der Waals surface area contributed by atoms with Crippen LogP contribution in [0.25, 0.3) is 0 Å². The van der Waals surface area contributed by atoms with E-state index in [9.17, 15) is 0 Å². The minimum absolute atomic E-state index is 0.483. The predicted octanol–water partition coefficient (Wildman–Crippen LogP) is 3.86. The summed E-state index contributed by atoms with van der Waals surface area (Å²) in [5, 5.41) is 8.13. The number of hydrogen-bond acceptors (Lipinski definition) is 2. The van der Waals surface area contributed by atoms with Crippen molar-refractivity contribution in [1.29, 1.82) is 0 Å². The SMILES string of the molecule is CCc1nn(C)c(CNC(C)CCc2ccccc2)c1Br. The van der Waals surface area contributed by atoms with Gasteiger partial charge in [0.05, 0.1) is 15.9 Å². The van der Waals surface area contributed by atoms with Gasteiger partial charge in [0.2, 0.25) is 0 Å². The fourth-order valence-corrected chi connectivity index (χ4v) is 3.17. The summed E-state index contributed by atoms with van der Waals surface area (Å²) in [7, 11) is 2.01. The summed E-state index contributed by atoms with van der Waals surface area (Å²) in [5.74, 6) is 0. The molecule has 0 saturated heterocycles. The molecule has 2 rings (SSSR count). The van der Waals surface area contributed by atoms with Crippen LogP contribution in [0.3, 0.4) is 0 Å². The normalized spacial score (nSPS) is 12.6. The zero-order chi connectivity index (χ0) is 15.2. The highest BCUT2D eigenvalue weighted by Gasteiger charge is 2.13. The molecule has 1 atom stereocenters. The van der Waals surface area contributed by atoms with Crippen LogP contribution in [0.4, 0.5) is 0 Å². The first kappa shape index (κ1) is 16.2. The molecule has 4 heteroatoms. The highest BCUT2D eigenvalue weighted by Crippen LogP contribution is 2.21. The minimum atomic E-state index is 0.483. The third-order valence-electron chi connectivity index (χ3n) is 3.83. The molecule has 0 fully saturated rings. The third kappa shape index (κ3) is 4.42. The lowest BCUT2D eigenvalue weighted by molar-refractivity contribution is 0.499. The molecule has 1 N–H and O–H groups in total. The molecule has 1 aromatic heterocycles. The Hall–Kier alpha value is -1.13. The molecular weight excluding hydrogens is 326 g/mol. The van der Waals surface area contributed by atoms with Crippen molar-refractivity contribution in [2.24, 2.45) is 7.05 Å².